The van der Waals surface area contributed by atoms with Crippen LogP contribution in [0.15, 0.2) is 47.4 Å². The molecule has 10 heteroatoms. The lowest BCUT2D eigenvalue weighted by atomic mass is 10.2. The minimum Gasteiger partial charge on any atom is -0.495 e. The van der Waals surface area contributed by atoms with Gasteiger partial charge in [0, 0.05) is 29.2 Å². The molecule has 0 saturated carbocycles. The highest BCUT2D eigenvalue weighted by Crippen LogP contribution is 2.31. The highest BCUT2D eigenvalue weighted by molar-refractivity contribution is 8.00. The Morgan fingerprint density at radius 3 is 2.19 bits per heavy atom. The van der Waals surface area contributed by atoms with Crippen molar-refractivity contribution in [2.24, 2.45) is 0 Å². The van der Waals surface area contributed by atoms with Gasteiger partial charge >= 0.3 is 0 Å². The van der Waals surface area contributed by atoms with Gasteiger partial charge in [-0.25, -0.2) is 0 Å². The van der Waals surface area contributed by atoms with Gasteiger partial charge in [0.25, 0.3) is 11.4 Å². The lowest BCUT2D eigenvalue weighted by molar-refractivity contribution is -0.385. The number of hydrogen-bond donors (Lipinski definition) is 1. The second kappa shape index (κ2) is 8.30. The predicted molar refractivity (Wildman–Crippen MR) is 96.7 cm³/mol. The molecule has 0 radical (unpaired) electrons. The lowest BCUT2D eigenvalue weighted by Crippen LogP contribution is -2.22. The highest BCUT2D eigenvalue weighted by Gasteiger charge is 2.19. The van der Waals surface area contributed by atoms with Crippen molar-refractivity contribution in [2.75, 3.05) is 12.4 Å². The number of anilines is 1. The third-order valence-electron chi connectivity index (χ3n) is 3.38. The van der Waals surface area contributed by atoms with Gasteiger partial charge in [0.05, 0.1) is 27.9 Å². The summed E-state index contributed by atoms with van der Waals surface area (Å²) in [6, 6.07) is 9.74. The van der Waals surface area contributed by atoms with Crippen LogP contribution in [-0.2, 0) is 4.79 Å². The topological polar surface area (TPSA) is 125 Å². The van der Waals surface area contributed by atoms with E-state index in [4.69, 9.17) is 4.74 Å². The number of rotatable bonds is 7. The molecule has 0 fully saturated rings. The first kappa shape index (κ1) is 19.2. The van der Waals surface area contributed by atoms with Gasteiger partial charge in [-0.05, 0) is 25.1 Å². The van der Waals surface area contributed by atoms with Crippen LogP contribution in [0.3, 0.4) is 0 Å². The van der Waals surface area contributed by atoms with Crippen molar-refractivity contribution >= 4 is 34.7 Å². The summed E-state index contributed by atoms with van der Waals surface area (Å²) >= 11 is 1.21. The van der Waals surface area contributed by atoms with E-state index in [0.29, 0.717) is 10.6 Å². The quantitative estimate of drug-likeness (QED) is 0.444. The molecular weight excluding hydrogens is 362 g/mol. The van der Waals surface area contributed by atoms with E-state index in [1.807, 2.05) is 0 Å². The molecule has 26 heavy (non-hydrogen) atoms. The molecule has 0 spiro atoms. The largest absolute Gasteiger partial charge is 0.495 e. The first-order chi connectivity index (χ1) is 12.3. The maximum Gasteiger partial charge on any atom is 0.271 e. The highest BCUT2D eigenvalue weighted by atomic mass is 32.2. The van der Waals surface area contributed by atoms with Gasteiger partial charge in [0.2, 0.25) is 5.91 Å². The fourth-order valence-electron chi connectivity index (χ4n) is 2.05. The average molecular weight is 377 g/mol. The molecule has 9 nitrogen and oxygen atoms in total. The summed E-state index contributed by atoms with van der Waals surface area (Å²) in [5, 5.41) is 23.6. The van der Waals surface area contributed by atoms with Crippen molar-refractivity contribution in [3.05, 3.63) is 62.7 Å². The SMILES string of the molecule is COc1ccc([N+](=O)[O-])cc1NC(=O)C(C)Sc1ccc([N+](=O)[O-])cc1. The Hall–Kier alpha value is -3.14. The second-order valence-corrected chi connectivity index (χ2v) is 6.56. The molecule has 0 heterocycles. The Morgan fingerprint density at radius 1 is 1.08 bits per heavy atom. The number of nitrogens with zero attached hydrogens (tertiary/aromatic N) is 2. The zero-order valence-corrected chi connectivity index (χ0v) is 14.7. The molecule has 136 valence electrons. The van der Waals surface area contributed by atoms with Crippen LogP contribution >= 0.6 is 11.8 Å². The van der Waals surface area contributed by atoms with Crippen LogP contribution in [0.5, 0.6) is 5.75 Å². The molecule has 0 aromatic heterocycles. The zero-order valence-electron chi connectivity index (χ0n) is 13.9. The fourth-order valence-corrected chi connectivity index (χ4v) is 2.91. The summed E-state index contributed by atoms with van der Waals surface area (Å²) < 4.78 is 5.11. The number of nitro groups is 2. The predicted octanol–water partition coefficient (Wildman–Crippen LogP) is 3.63. The number of carbonyl (C=O) groups excluding carboxylic acids is 1. The van der Waals surface area contributed by atoms with E-state index in [2.05, 4.69) is 5.32 Å². The van der Waals surface area contributed by atoms with Crippen LogP contribution in [0, 0.1) is 20.2 Å². The number of amides is 1. The molecule has 1 unspecified atom stereocenters. The number of non-ortho nitro benzene ring substituents is 2. The first-order valence-corrected chi connectivity index (χ1v) is 8.24. The fraction of sp³-hybridized carbons (Fsp3) is 0.188. The van der Waals surface area contributed by atoms with Crippen molar-refractivity contribution in [1.82, 2.24) is 0 Å². The number of nitro benzene ring substituents is 2. The number of ether oxygens (including phenoxy) is 1. The van der Waals surface area contributed by atoms with E-state index in [1.54, 1.807) is 19.1 Å². The number of benzene rings is 2. The van der Waals surface area contributed by atoms with Gasteiger partial charge in [0.15, 0.2) is 0 Å². The summed E-state index contributed by atoms with van der Waals surface area (Å²) in [5.41, 5.74) is -0.00703. The van der Waals surface area contributed by atoms with Crippen LogP contribution in [0.1, 0.15) is 6.92 Å². The molecule has 1 amide bonds. The minimum atomic E-state index is -0.565. The standard InChI is InChI=1S/C16H15N3O6S/c1-10(26-13-6-3-11(4-7-13)18(21)22)16(20)17-14-9-12(19(23)24)5-8-15(14)25-2/h3-10H,1-2H3,(H,17,20). The summed E-state index contributed by atoms with van der Waals surface area (Å²) in [6.07, 6.45) is 0. The Balaban J connectivity index is 2.10. The minimum absolute atomic E-state index is 0.0345. The number of thioether (sulfide) groups is 1. The van der Waals surface area contributed by atoms with Crippen molar-refractivity contribution in [2.45, 2.75) is 17.1 Å². The van der Waals surface area contributed by atoms with Gasteiger partial charge < -0.3 is 10.1 Å². The van der Waals surface area contributed by atoms with E-state index >= 15 is 0 Å². The van der Waals surface area contributed by atoms with Gasteiger partial charge in [0.1, 0.15) is 5.75 Å². The van der Waals surface area contributed by atoms with Crippen molar-refractivity contribution in [1.29, 1.82) is 0 Å². The molecule has 2 rings (SSSR count). The zero-order chi connectivity index (χ0) is 19.3. The van der Waals surface area contributed by atoms with Crippen LogP contribution in [0.2, 0.25) is 0 Å². The normalized spacial score (nSPS) is 11.5. The summed E-state index contributed by atoms with van der Waals surface area (Å²) in [7, 11) is 1.39. The third kappa shape index (κ3) is 4.70. The van der Waals surface area contributed by atoms with Crippen LogP contribution in [-0.4, -0.2) is 28.1 Å². The number of nitrogens with one attached hydrogen (secondary N) is 1. The molecular formula is C16H15N3O6S. The first-order valence-electron chi connectivity index (χ1n) is 7.36. The molecule has 0 aliphatic carbocycles. The molecule has 1 atom stereocenters. The van der Waals surface area contributed by atoms with Crippen LogP contribution in [0.4, 0.5) is 17.1 Å². The van der Waals surface area contributed by atoms with Gasteiger partial charge in [-0.1, -0.05) is 0 Å². The van der Waals surface area contributed by atoms with Gasteiger partial charge in [-0.15, -0.1) is 11.8 Å². The molecule has 1 N–H and O–H groups in total. The van der Waals surface area contributed by atoms with Crippen LogP contribution in [0.25, 0.3) is 0 Å². The van der Waals surface area contributed by atoms with Crippen LogP contribution < -0.4 is 10.1 Å². The molecule has 2 aromatic carbocycles. The molecule has 2 aromatic rings. The maximum atomic E-state index is 12.4. The Morgan fingerprint density at radius 2 is 1.65 bits per heavy atom. The molecule has 0 aliphatic rings. The monoisotopic (exact) mass is 377 g/mol. The van der Waals surface area contributed by atoms with E-state index in [0.717, 1.165) is 0 Å². The van der Waals surface area contributed by atoms with Gasteiger partial charge in [-0.2, -0.15) is 0 Å². The van der Waals surface area contributed by atoms with Crippen molar-refractivity contribution in [3.8, 4) is 5.75 Å². The summed E-state index contributed by atoms with van der Waals surface area (Å²) in [4.78, 5) is 33.5. The molecule has 0 saturated heterocycles. The smallest absolute Gasteiger partial charge is 0.271 e. The second-order valence-electron chi connectivity index (χ2n) is 5.14. The van der Waals surface area contributed by atoms with Gasteiger partial charge in [-0.3, -0.25) is 25.0 Å². The average Bonchev–Trinajstić information content (AvgIpc) is 2.61. The Bertz CT molecular complexity index is 840. The maximum absolute atomic E-state index is 12.4. The van der Waals surface area contributed by atoms with Crippen molar-refractivity contribution in [3.63, 3.8) is 0 Å². The number of methoxy groups -OCH3 is 1. The summed E-state index contributed by atoms with van der Waals surface area (Å²) in [5.74, 6) is -0.0800. The van der Waals surface area contributed by atoms with E-state index < -0.39 is 15.1 Å². The van der Waals surface area contributed by atoms with E-state index in [-0.39, 0.29) is 23.0 Å². The van der Waals surface area contributed by atoms with E-state index in [9.17, 15) is 25.0 Å². The van der Waals surface area contributed by atoms with E-state index in [1.165, 1.54) is 49.2 Å². The third-order valence-corrected chi connectivity index (χ3v) is 4.49. The Labute approximate surface area is 152 Å². The Kier molecular flexibility index (Phi) is 6.12. The lowest BCUT2D eigenvalue weighted by Gasteiger charge is -2.14. The number of hydrogen-bond acceptors (Lipinski definition) is 7. The molecule has 0 aliphatic heterocycles. The molecule has 0 bridgehead atoms. The number of carbonyl (C=O) groups is 1. The van der Waals surface area contributed by atoms with Crippen molar-refractivity contribution < 1.29 is 19.4 Å². The summed E-state index contributed by atoms with van der Waals surface area (Å²) in [6.45, 7) is 1.66.